The minimum Gasteiger partial charge on any atom is -0.489 e. The first-order valence-corrected chi connectivity index (χ1v) is 10.2. The van der Waals surface area contributed by atoms with Crippen LogP contribution in [0.1, 0.15) is 24.2 Å². The zero-order valence-electron chi connectivity index (χ0n) is 17.5. The highest BCUT2D eigenvalue weighted by Gasteiger charge is 2.21. The van der Waals surface area contributed by atoms with Gasteiger partial charge in [0.1, 0.15) is 12.1 Å². The molecule has 4 rings (SSSR count). The number of fused-ring (bicyclic) bond motifs is 1. The smallest absolute Gasteiger partial charge is 0.265 e. The summed E-state index contributed by atoms with van der Waals surface area (Å²) in [6.07, 6.45) is 1.34. The third-order valence-corrected chi connectivity index (χ3v) is 5.05. The fourth-order valence-corrected chi connectivity index (χ4v) is 3.59. The lowest BCUT2D eigenvalue weighted by Crippen LogP contribution is -2.49. The number of nitrogens with zero attached hydrogens (tertiary/aromatic N) is 3. The zero-order valence-corrected chi connectivity index (χ0v) is 17.5. The Balaban J connectivity index is 1.73. The number of hydrogen-bond acceptors (Lipinski definition) is 6. The van der Waals surface area contributed by atoms with Gasteiger partial charge in [-0.25, -0.2) is 4.98 Å². The molecule has 31 heavy (non-hydrogen) atoms. The number of ketones is 1. The topological polar surface area (TPSA) is 93.5 Å². The molecule has 1 amide bonds. The average molecular weight is 420 g/mol. The van der Waals surface area contributed by atoms with Crippen molar-refractivity contribution in [3.05, 3.63) is 64.7 Å². The molecule has 0 radical (unpaired) electrons. The van der Waals surface area contributed by atoms with Crippen LogP contribution in [-0.2, 0) is 4.79 Å². The lowest BCUT2D eigenvalue weighted by molar-refractivity contribution is -0.123. The number of para-hydroxylation sites is 1. The van der Waals surface area contributed by atoms with Gasteiger partial charge in [0.25, 0.3) is 5.56 Å². The minimum absolute atomic E-state index is 0.0887. The van der Waals surface area contributed by atoms with Gasteiger partial charge in [0.05, 0.1) is 35.8 Å². The number of piperazine rings is 1. The number of amides is 1. The number of hydrogen-bond donors (Lipinski definition) is 1. The number of benzene rings is 2. The van der Waals surface area contributed by atoms with Gasteiger partial charge in [0, 0.05) is 18.7 Å². The van der Waals surface area contributed by atoms with Crippen LogP contribution in [0.5, 0.6) is 5.75 Å². The Bertz CT molecular complexity index is 1200. The predicted octanol–water partition coefficient (Wildman–Crippen LogP) is 1.79. The van der Waals surface area contributed by atoms with Crippen molar-refractivity contribution in [1.82, 2.24) is 19.8 Å². The second-order valence-electron chi connectivity index (χ2n) is 7.77. The SMILES string of the molecule is CC(C)Oc1ccc(C(=O)CN2CCNC(=O)C2)cc1-n1cnc2ccccc2c1=O. The molecule has 0 atom stereocenters. The monoisotopic (exact) mass is 420 g/mol. The second-order valence-corrected chi connectivity index (χ2v) is 7.77. The molecule has 0 bridgehead atoms. The van der Waals surface area contributed by atoms with Crippen molar-refractivity contribution in [1.29, 1.82) is 0 Å². The van der Waals surface area contributed by atoms with E-state index < -0.39 is 0 Å². The molecule has 1 fully saturated rings. The molecule has 8 nitrogen and oxygen atoms in total. The first kappa shape index (κ1) is 20.7. The van der Waals surface area contributed by atoms with Crippen molar-refractivity contribution in [3.63, 3.8) is 0 Å². The van der Waals surface area contributed by atoms with Gasteiger partial charge in [-0.3, -0.25) is 23.9 Å². The Morgan fingerprint density at radius 3 is 2.77 bits per heavy atom. The lowest BCUT2D eigenvalue weighted by Gasteiger charge is -2.25. The molecule has 2 aromatic carbocycles. The van der Waals surface area contributed by atoms with E-state index in [0.717, 1.165) is 0 Å². The summed E-state index contributed by atoms with van der Waals surface area (Å²) in [6, 6.07) is 12.2. The third-order valence-electron chi connectivity index (χ3n) is 5.05. The van der Waals surface area contributed by atoms with Crippen LogP contribution in [0.25, 0.3) is 16.6 Å². The van der Waals surface area contributed by atoms with Crippen LogP contribution in [0, 0.1) is 0 Å². The maximum absolute atomic E-state index is 13.1. The van der Waals surface area contributed by atoms with Crippen molar-refractivity contribution in [2.75, 3.05) is 26.2 Å². The van der Waals surface area contributed by atoms with Crippen LogP contribution >= 0.6 is 0 Å². The van der Waals surface area contributed by atoms with Gasteiger partial charge in [-0.15, -0.1) is 0 Å². The number of aromatic nitrogens is 2. The molecular formula is C23H24N4O4. The molecule has 0 unspecified atom stereocenters. The summed E-state index contributed by atoms with van der Waals surface area (Å²) in [5.41, 5.74) is 1.26. The van der Waals surface area contributed by atoms with Crippen molar-refractivity contribution in [2.24, 2.45) is 0 Å². The normalized spacial score (nSPS) is 14.6. The maximum atomic E-state index is 13.1. The van der Waals surface area contributed by atoms with Gasteiger partial charge in [-0.05, 0) is 44.2 Å². The van der Waals surface area contributed by atoms with Gasteiger partial charge in [-0.2, -0.15) is 0 Å². The minimum atomic E-state index is -0.239. The van der Waals surface area contributed by atoms with Gasteiger partial charge in [0.2, 0.25) is 5.91 Å². The molecule has 0 aliphatic carbocycles. The van der Waals surface area contributed by atoms with Crippen molar-refractivity contribution in [3.8, 4) is 11.4 Å². The summed E-state index contributed by atoms with van der Waals surface area (Å²) in [5.74, 6) is 0.270. The van der Waals surface area contributed by atoms with Crippen molar-refractivity contribution in [2.45, 2.75) is 20.0 Å². The molecule has 1 saturated heterocycles. The van der Waals surface area contributed by atoms with Gasteiger partial charge in [0.15, 0.2) is 5.78 Å². The molecular weight excluding hydrogens is 396 g/mol. The number of rotatable bonds is 6. The van der Waals surface area contributed by atoms with Gasteiger partial charge in [-0.1, -0.05) is 12.1 Å². The van der Waals surface area contributed by atoms with E-state index in [-0.39, 0.29) is 36.4 Å². The van der Waals surface area contributed by atoms with E-state index in [0.29, 0.717) is 41.0 Å². The summed E-state index contributed by atoms with van der Waals surface area (Å²) in [7, 11) is 0. The van der Waals surface area contributed by atoms with Gasteiger partial charge >= 0.3 is 0 Å². The van der Waals surface area contributed by atoms with Crippen LogP contribution in [0.3, 0.4) is 0 Å². The third kappa shape index (κ3) is 4.49. The number of ether oxygens (including phenoxy) is 1. The second kappa shape index (κ2) is 8.69. The average Bonchev–Trinajstić information content (AvgIpc) is 2.74. The van der Waals surface area contributed by atoms with Crippen molar-refractivity contribution >= 4 is 22.6 Å². The lowest BCUT2D eigenvalue weighted by atomic mass is 10.1. The van der Waals surface area contributed by atoms with Gasteiger partial charge < -0.3 is 10.1 Å². The van der Waals surface area contributed by atoms with Crippen LogP contribution in [0.2, 0.25) is 0 Å². The fourth-order valence-electron chi connectivity index (χ4n) is 3.59. The maximum Gasteiger partial charge on any atom is 0.265 e. The highest BCUT2D eigenvalue weighted by Crippen LogP contribution is 2.25. The number of carbonyl (C=O) groups is 2. The zero-order chi connectivity index (χ0) is 22.0. The van der Waals surface area contributed by atoms with Crippen LogP contribution < -0.4 is 15.6 Å². The number of Topliss-reactive ketones (excluding diaryl/α,β-unsaturated/α-hetero) is 1. The highest BCUT2D eigenvalue weighted by molar-refractivity contribution is 5.98. The number of carbonyl (C=O) groups excluding carboxylic acids is 2. The Morgan fingerprint density at radius 2 is 2.00 bits per heavy atom. The molecule has 160 valence electrons. The van der Waals surface area contributed by atoms with Crippen molar-refractivity contribution < 1.29 is 14.3 Å². The van der Waals surface area contributed by atoms with E-state index in [9.17, 15) is 14.4 Å². The number of nitrogens with one attached hydrogen (secondary N) is 1. The Morgan fingerprint density at radius 1 is 1.19 bits per heavy atom. The van der Waals surface area contributed by atoms with E-state index in [1.54, 1.807) is 36.4 Å². The Kier molecular flexibility index (Phi) is 5.81. The molecule has 1 aliphatic rings. The van der Waals surface area contributed by atoms with E-state index in [1.165, 1.54) is 10.9 Å². The van der Waals surface area contributed by atoms with E-state index >= 15 is 0 Å². The van der Waals surface area contributed by atoms with E-state index in [1.807, 2.05) is 24.8 Å². The molecule has 0 spiro atoms. The molecule has 3 aromatic rings. The highest BCUT2D eigenvalue weighted by atomic mass is 16.5. The molecule has 1 aromatic heterocycles. The van der Waals surface area contributed by atoms with Crippen LogP contribution in [0.4, 0.5) is 0 Å². The fraction of sp³-hybridized carbons (Fsp3) is 0.304. The van der Waals surface area contributed by atoms with E-state index in [2.05, 4.69) is 10.3 Å². The summed E-state index contributed by atoms with van der Waals surface area (Å²) < 4.78 is 7.31. The Labute approximate surface area is 179 Å². The molecule has 1 aliphatic heterocycles. The summed E-state index contributed by atoms with van der Waals surface area (Å²) in [6.45, 7) is 5.25. The molecule has 1 N–H and O–H groups in total. The molecule has 2 heterocycles. The first-order valence-electron chi connectivity index (χ1n) is 10.2. The van der Waals surface area contributed by atoms with Crippen LogP contribution in [0.15, 0.2) is 53.6 Å². The van der Waals surface area contributed by atoms with Crippen LogP contribution in [-0.4, -0.2) is 58.4 Å². The standard InChI is InChI=1S/C23H24N4O4/c1-15(2)31-21-8-7-16(20(28)12-26-10-9-24-22(29)13-26)11-19(21)27-14-25-18-6-4-3-5-17(18)23(27)30/h3-8,11,14-15H,9-10,12-13H2,1-2H3,(H,24,29). The Hall–Kier alpha value is -3.52. The van der Waals surface area contributed by atoms with E-state index in [4.69, 9.17) is 4.74 Å². The quantitative estimate of drug-likeness (QED) is 0.611. The predicted molar refractivity (Wildman–Crippen MR) is 117 cm³/mol. The molecule has 0 saturated carbocycles. The molecule has 8 heteroatoms. The first-order chi connectivity index (χ1) is 14.9. The largest absolute Gasteiger partial charge is 0.489 e. The summed E-state index contributed by atoms with van der Waals surface area (Å²) in [5, 5.41) is 3.23. The summed E-state index contributed by atoms with van der Waals surface area (Å²) >= 11 is 0. The summed E-state index contributed by atoms with van der Waals surface area (Å²) in [4.78, 5) is 43.8.